The predicted octanol–water partition coefficient (Wildman–Crippen LogP) is 0.991. The number of aromatic nitrogens is 3. The summed E-state index contributed by atoms with van der Waals surface area (Å²) in [5.74, 6) is 1.27. The largest absolute Gasteiger partial charge is 0.394 e. The van der Waals surface area contributed by atoms with Crippen LogP contribution in [0.4, 0.5) is 11.8 Å². The minimum Gasteiger partial charge on any atom is -0.394 e. The molecule has 1 aliphatic heterocycles. The van der Waals surface area contributed by atoms with E-state index in [4.69, 9.17) is 0 Å². The van der Waals surface area contributed by atoms with E-state index in [1.165, 1.54) is 0 Å². The normalized spacial score (nSPS) is 16.9. The van der Waals surface area contributed by atoms with E-state index in [1.807, 2.05) is 25.1 Å². The van der Waals surface area contributed by atoms with Gasteiger partial charge in [0.2, 0.25) is 5.95 Å². The van der Waals surface area contributed by atoms with Crippen molar-refractivity contribution in [1.29, 1.82) is 0 Å². The summed E-state index contributed by atoms with van der Waals surface area (Å²) < 4.78 is 0. The Morgan fingerprint density at radius 3 is 2.74 bits per heavy atom. The maximum absolute atomic E-state index is 9.30. The van der Waals surface area contributed by atoms with Crippen LogP contribution in [0.15, 0.2) is 30.6 Å². The maximum atomic E-state index is 9.30. The Bertz CT molecular complexity index is 704. The number of aliphatic hydroxyl groups is 1. The maximum Gasteiger partial charge on any atom is 0.225 e. The zero-order valence-electron chi connectivity index (χ0n) is 16.1. The highest BCUT2D eigenvalue weighted by molar-refractivity contribution is 5.63. The number of piperazine rings is 1. The molecule has 3 heterocycles. The van der Waals surface area contributed by atoms with E-state index in [1.54, 1.807) is 12.4 Å². The number of pyridine rings is 1. The molecule has 1 atom stereocenters. The number of aliphatic hydroxyl groups excluding tert-OH is 1. The van der Waals surface area contributed by atoms with Gasteiger partial charge in [-0.3, -0.25) is 9.88 Å². The van der Waals surface area contributed by atoms with Crippen LogP contribution in [-0.4, -0.2) is 88.8 Å². The molecule has 0 amide bonds. The van der Waals surface area contributed by atoms with Crippen LogP contribution < -0.4 is 10.6 Å². The third kappa shape index (κ3) is 5.85. The molecule has 0 aromatic carbocycles. The number of nitrogens with one attached hydrogen (secondary N) is 2. The van der Waals surface area contributed by atoms with Gasteiger partial charge in [0.1, 0.15) is 5.82 Å². The minimum absolute atomic E-state index is 0.0205. The van der Waals surface area contributed by atoms with E-state index in [-0.39, 0.29) is 12.6 Å². The van der Waals surface area contributed by atoms with Crippen molar-refractivity contribution in [2.45, 2.75) is 13.0 Å². The van der Waals surface area contributed by atoms with E-state index >= 15 is 0 Å². The molecule has 146 valence electrons. The first-order valence-electron chi connectivity index (χ1n) is 9.45. The van der Waals surface area contributed by atoms with Gasteiger partial charge in [-0.25, -0.2) is 4.98 Å². The minimum atomic E-state index is -0.118. The second kappa shape index (κ2) is 9.59. The molecule has 3 rings (SSSR count). The van der Waals surface area contributed by atoms with Gasteiger partial charge in [0.25, 0.3) is 0 Å². The molecule has 0 spiro atoms. The highest BCUT2D eigenvalue weighted by atomic mass is 16.3. The third-order valence-electron chi connectivity index (χ3n) is 4.66. The van der Waals surface area contributed by atoms with Crippen LogP contribution >= 0.6 is 0 Å². The first kappa shape index (κ1) is 19.5. The van der Waals surface area contributed by atoms with Crippen molar-refractivity contribution in [2.75, 3.05) is 63.6 Å². The number of nitrogens with zero attached hydrogens (tertiary/aromatic N) is 5. The molecule has 0 bridgehead atoms. The van der Waals surface area contributed by atoms with E-state index < -0.39 is 0 Å². The molecular weight excluding hydrogens is 342 g/mol. The quantitative estimate of drug-likeness (QED) is 0.633. The summed E-state index contributed by atoms with van der Waals surface area (Å²) >= 11 is 0. The molecule has 1 aliphatic rings. The molecular formula is C19H29N7O. The van der Waals surface area contributed by atoms with Gasteiger partial charge in [-0.15, -0.1) is 0 Å². The smallest absolute Gasteiger partial charge is 0.225 e. The van der Waals surface area contributed by atoms with Gasteiger partial charge in [0.05, 0.1) is 12.3 Å². The molecule has 2 aromatic heterocycles. The number of anilines is 2. The van der Waals surface area contributed by atoms with Crippen molar-refractivity contribution in [1.82, 2.24) is 24.8 Å². The SMILES string of the molecule is C[C@H](CO)Nc1nc(NCCN2CCN(C)CC2)cc(-c2cccnc2)n1. The molecule has 0 unspecified atom stereocenters. The molecule has 1 saturated heterocycles. The second-order valence-electron chi connectivity index (χ2n) is 7.00. The third-order valence-corrected chi connectivity index (χ3v) is 4.66. The standard InChI is InChI=1S/C19H29N7O/c1-15(14-27)22-19-23-17(16-4-3-5-20-13-16)12-18(24-19)21-6-7-26-10-8-25(2)9-11-26/h3-5,12-13,15,27H,6-11,14H2,1-2H3,(H2,21,22,23,24)/t15-/m1/s1. The Kier molecular flexibility index (Phi) is 6.92. The Labute approximate surface area is 160 Å². The highest BCUT2D eigenvalue weighted by Gasteiger charge is 2.13. The molecule has 8 nitrogen and oxygen atoms in total. The monoisotopic (exact) mass is 371 g/mol. The topological polar surface area (TPSA) is 89.4 Å². The van der Waals surface area contributed by atoms with E-state index in [2.05, 4.69) is 42.4 Å². The van der Waals surface area contributed by atoms with Crippen molar-refractivity contribution in [2.24, 2.45) is 0 Å². The van der Waals surface area contributed by atoms with Crippen molar-refractivity contribution < 1.29 is 5.11 Å². The number of hydrogen-bond donors (Lipinski definition) is 3. The van der Waals surface area contributed by atoms with Crippen molar-refractivity contribution >= 4 is 11.8 Å². The van der Waals surface area contributed by atoms with Gasteiger partial charge < -0.3 is 20.6 Å². The number of hydrogen-bond acceptors (Lipinski definition) is 8. The molecule has 0 radical (unpaired) electrons. The fourth-order valence-electron chi connectivity index (χ4n) is 2.94. The lowest BCUT2D eigenvalue weighted by Crippen LogP contribution is -2.45. The average molecular weight is 371 g/mol. The fourth-order valence-corrected chi connectivity index (χ4v) is 2.94. The Hall–Kier alpha value is -2.29. The van der Waals surface area contributed by atoms with E-state index in [9.17, 15) is 5.11 Å². The lowest BCUT2D eigenvalue weighted by atomic mass is 10.2. The molecule has 0 saturated carbocycles. The lowest BCUT2D eigenvalue weighted by Gasteiger charge is -2.32. The van der Waals surface area contributed by atoms with Gasteiger partial charge in [-0.1, -0.05) is 0 Å². The van der Waals surface area contributed by atoms with Crippen LogP contribution in [0.5, 0.6) is 0 Å². The van der Waals surface area contributed by atoms with Crippen LogP contribution in [0.2, 0.25) is 0 Å². The molecule has 1 fully saturated rings. The highest BCUT2D eigenvalue weighted by Crippen LogP contribution is 2.21. The molecule has 8 heteroatoms. The van der Waals surface area contributed by atoms with Gasteiger partial charge in [0, 0.05) is 69.3 Å². The van der Waals surface area contributed by atoms with Gasteiger partial charge >= 0.3 is 0 Å². The first-order valence-corrected chi connectivity index (χ1v) is 9.45. The van der Waals surface area contributed by atoms with Crippen LogP contribution in [0, 0.1) is 0 Å². The number of rotatable bonds is 8. The van der Waals surface area contributed by atoms with Crippen molar-refractivity contribution in [3.8, 4) is 11.3 Å². The molecule has 2 aromatic rings. The second-order valence-corrected chi connectivity index (χ2v) is 7.00. The summed E-state index contributed by atoms with van der Waals surface area (Å²) in [6.45, 7) is 8.15. The summed E-state index contributed by atoms with van der Waals surface area (Å²) in [4.78, 5) is 18.1. The van der Waals surface area contributed by atoms with E-state index in [0.717, 1.165) is 56.3 Å². The van der Waals surface area contributed by atoms with Gasteiger partial charge in [-0.2, -0.15) is 4.98 Å². The summed E-state index contributed by atoms with van der Waals surface area (Å²) in [6.07, 6.45) is 3.53. The van der Waals surface area contributed by atoms with Crippen LogP contribution in [0.25, 0.3) is 11.3 Å². The summed E-state index contributed by atoms with van der Waals surface area (Å²) in [5, 5.41) is 15.9. The number of likely N-dealkylation sites (N-methyl/N-ethyl adjacent to an activating group) is 1. The Balaban J connectivity index is 1.68. The first-order chi connectivity index (χ1) is 13.1. The Morgan fingerprint density at radius 1 is 1.22 bits per heavy atom. The van der Waals surface area contributed by atoms with Gasteiger partial charge in [-0.05, 0) is 26.1 Å². The van der Waals surface area contributed by atoms with Crippen molar-refractivity contribution in [3.63, 3.8) is 0 Å². The summed E-state index contributed by atoms with van der Waals surface area (Å²) in [6, 6.07) is 5.69. The van der Waals surface area contributed by atoms with Crippen LogP contribution in [0.1, 0.15) is 6.92 Å². The average Bonchev–Trinajstić information content (AvgIpc) is 2.70. The molecule has 27 heavy (non-hydrogen) atoms. The van der Waals surface area contributed by atoms with E-state index in [0.29, 0.717) is 5.95 Å². The lowest BCUT2D eigenvalue weighted by molar-refractivity contribution is 0.158. The fraction of sp³-hybridized carbons (Fsp3) is 0.526. The molecule has 0 aliphatic carbocycles. The van der Waals surface area contributed by atoms with Crippen LogP contribution in [-0.2, 0) is 0 Å². The zero-order valence-corrected chi connectivity index (χ0v) is 16.1. The molecule has 3 N–H and O–H groups in total. The van der Waals surface area contributed by atoms with Crippen molar-refractivity contribution in [3.05, 3.63) is 30.6 Å². The van der Waals surface area contributed by atoms with Gasteiger partial charge in [0.15, 0.2) is 0 Å². The Morgan fingerprint density at radius 2 is 2.04 bits per heavy atom. The zero-order chi connectivity index (χ0) is 19.1. The summed E-state index contributed by atoms with van der Waals surface area (Å²) in [7, 11) is 2.17. The summed E-state index contributed by atoms with van der Waals surface area (Å²) in [5.41, 5.74) is 1.73. The predicted molar refractivity (Wildman–Crippen MR) is 108 cm³/mol. The van der Waals surface area contributed by atoms with Crippen LogP contribution in [0.3, 0.4) is 0 Å².